The number of ketones is 1. The maximum absolute atomic E-state index is 11.1. The first-order valence-electron chi connectivity index (χ1n) is 4.17. The van der Waals surface area contributed by atoms with Crippen LogP contribution < -0.4 is 5.32 Å². The highest BCUT2D eigenvalue weighted by Crippen LogP contribution is 2.01. The first-order chi connectivity index (χ1) is 6.40. The number of Topliss-reactive ketones (excluding diaryl/α,β-unsaturated/α-hetero) is 1. The van der Waals surface area contributed by atoms with E-state index >= 15 is 0 Å². The zero-order valence-electron chi connectivity index (χ0n) is 8.10. The number of aliphatic hydroxyl groups is 3. The molecule has 0 aliphatic heterocycles. The van der Waals surface area contributed by atoms with E-state index in [1.807, 2.05) is 0 Å². The SMILES string of the molecule is CC(=O)N[C@H](C(=O)CO)[C@H](O)[C@@H](C)O. The largest absolute Gasteiger partial charge is 0.391 e. The summed E-state index contributed by atoms with van der Waals surface area (Å²) in [7, 11) is 0. The molecule has 0 rings (SSSR count). The Kier molecular flexibility index (Phi) is 5.29. The third-order valence-corrected chi connectivity index (χ3v) is 1.70. The molecule has 0 bridgehead atoms. The average molecular weight is 205 g/mol. The third kappa shape index (κ3) is 3.82. The van der Waals surface area contributed by atoms with Crippen LogP contribution in [0.4, 0.5) is 0 Å². The molecule has 0 saturated heterocycles. The number of carbonyl (C=O) groups excluding carboxylic acids is 2. The van der Waals surface area contributed by atoms with Crippen molar-refractivity contribution >= 4 is 11.7 Å². The van der Waals surface area contributed by atoms with E-state index in [9.17, 15) is 14.7 Å². The quantitative estimate of drug-likeness (QED) is 0.407. The van der Waals surface area contributed by atoms with Crippen LogP contribution in [0.25, 0.3) is 0 Å². The normalized spacial score (nSPS) is 16.9. The average Bonchev–Trinajstić information content (AvgIpc) is 2.11. The van der Waals surface area contributed by atoms with Crippen molar-refractivity contribution in [2.24, 2.45) is 0 Å². The first-order valence-corrected chi connectivity index (χ1v) is 4.17. The fourth-order valence-electron chi connectivity index (χ4n) is 0.952. The van der Waals surface area contributed by atoms with E-state index in [4.69, 9.17) is 10.2 Å². The Bertz CT molecular complexity index is 216. The van der Waals surface area contributed by atoms with Crippen LogP contribution in [0.3, 0.4) is 0 Å². The van der Waals surface area contributed by atoms with Crippen molar-refractivity contribution in [1.29, 1.82) is 0 Å². The smallest absolute Gasteiger partial charge is 0.217 e. The zero-order chi connectivity index (χ0) is 11.3. The van der Waals surface area contributed by atoms with Gasteiger partial charge in [-0.25, -0.2) is 0 Å². The minimum Gasteiger partial charge on any atom is -0.391 e. The molecule has 0 spiro atoms. The second kappa shape index (κ2) is 5.69. The number of amides is 1. The van der Waals surface area contributed by atoms with Gasteiger partial charge in [0.2, 0.25) is 5.91 Å². The summed E-state index contributed by atoms with van der Waals surface area (Å²) in [5.74, 6) is -1.26. The molecule has 4 N–H and O–H groups in total. The Hall–Kier alpha value is -0.980. The molecule has 0 aromatic rings. The molecule has 0 unspecified atom stereocenters. The fraction of sp³-hybridized carbons (Fsp3) is 0.750. The van der Waals surface area contributed by atoms with Gasteiger partial charge in [0.25, 0.3) is 0 Å². The van der Waals surface area contributed by atoms with Crippen molar-refractivity contribution < 1.29 is 24.9 Å². The van der Waals surface area contributed by atoms with Gasteiger partial charge in [-0.05, 0) is 6.92 Å². The predicted molar refractivity (Wildman–Crippen MR) is 47.4 cm³/mol. The Morgan fingerprint density at radius 2 is 1.86 bits per heavy atom. The number of rotatable bonds is 5. The van der Waals surface area contributed by atoms with Gasteiger partial charge < -0.3 is 20.6 Å². The lowest BCUT2D eigenvalue weighted by molar-refractivity contribution is -0.133. The van der Waals surface area contributed by atoms with Gasteiger partial charge >= 0.3 is 0 Å². The molecule has 0 aromatic carbocycles. The summed E-state index contributed by atoms with van der Waals surface area (Å²) in [6.45, 7) is 1.66. The van der Waals surface area contributed by atoms with Gasteiger partial charge in [0.15, 0.2) is 5.78 Å². The Morgan fingerprint density at radius 1 is 1.36 bits per heavy atom. The monoisotopic (exact) mass is 205 g/mol. The van der Waals surface area contributed by atoms with Crippen molar-refractivity contribution in [3.8, 4) is 0 Å². The summed E-state index contributed by atoms with van der Waals surface area (Å²) in [5.41, 5.74) is 0. The second-order valence-corrected chi connectivity index (χ2v) is 3.03. The molecular weight excluding hydrogens is 190 g/mol. The van der Waals surface area contributed by atoms with Gasteiger partial charge in [-0.1, -0.05) is 0 Å². The maximum Gasteiger partial charge on any atom is 0.217 e. The summed E-state index contributed by atoms with van der Waals surface area (Å²) in [5, 5.41) is 29.1. The minimum absolute atomic E-state index is 0.517. The van der Waals surface area contributed by atoms with E-state index in [1.165, 1.54) is 13.8 Å². The van der Waals surface area contributed by atoms with Gasteiger partial charge in [-0.3, -0.25) is 9.59 Å². The Balaban J connectivity index is 4.54. The van der Waals surface area contributed by atoms with Crippen LogP contribution in [0.5, 0.6) is 0 Å². The van der Waals surface area contributed by atoms with E-state index in [0.29, 0.717) is 0 Å². The van der Waals surface area contributed by atoms with Gasteiger partial charge in [0.1, 0.15) is 18.8 Å². The Morgan fingerprint density at radius 3 is 2.14 bits per heavy atom. The Labute approximate surface area is 81.5 Å². The van der Waals surface area contributed by atoms with Crippen molar-refractivity contribution in [2.45, 2.75) is 32.1 Å². The van der Waals surface area contributed by atoms with Gasteiger partial charge in [0.05, 0.1) is 6.10 Å². The van der Waals surface area contributed by atoms with Crippen molar-refractivity contribution in [1.82, 2.24) is 5.32 Å². The van der Waals surface area contributed by atoms with E-state index in [2.05, 4.69) is 5.32 Å². The minimum atomic E-state index is -1.42. The molecule has 0 aliphatic carbocycles. The van der Waals surface area contributed by atoms with Gasteiger partial charge in [0, 0.05) is 6.92 Å². The molecule has 0 saturated carbocycles. The maximum atomic E-state index is 11.1. The molecule has 0 heterocycles. The summed E-state index contributed by atoms with van der Waals surface area (Å²) < 4.78 is 0. The molecule has 0 fully saturated rings. The topological polar surface area (TPSA) is 107 Å². The highest BCUT2D eigenvalue weighted by Gasteiger charge is 2.29. The molecule has 14 heavy (non-hydrogen) atoms. The molecule has 0 aliphatic rings. The summed E-state index contributed by atoms with van der Waals surface area (Å²) in [6.07, 6.45) is -2.58. The standard InChI is InChI=1S/C8H15NO5/c1-4(11)8(14)7(6(13)3-10)9-5(2)12/h4,7-8,10-11,14H,3H2,1-2H3,(H,9,12)/t4-,7-,8-/m1/s1. The van der Waals surface area contributed by atoms with Crippen molar-refractivity contribution in [2.75, 3.05) is 6.61 Å². The number of carbonyl (C=O) groups is 2. The third-order valence-electron chi connectivity index (χ3n) is 1.70. The molecule has 0 aromatic heterocycles. The molecule has 6 heteroatoms. The van der Waals surface area contributed by atoms with Crippen molar-refractivity contribution in [3.63, 3.8) is 0 Å². The van der Waals surface area contributed by atoms with Crippen LogP contribution in [-0.2, 0) is 9.59 Å². The summed E-state index contributed by atoms with van der Waals surface area (Å²) >= 11 is 0. The van der Waals surface area contributed by atoms with Gasteiger partial charge in [-0.2, -0.15) is 0 Å². The lowest BCUT2D eigenvalue weighted by Gasteiger charge is -2.23. The van der Waals surface area contributed by atoms with Gasteiger partial charge in [-0.15, -0.1) is 0 Å². The highest BCUT2D eigenvalue weighted by atomic mass is 16.3. The number of hydrogen-bond donors (Lipinski definition) is 4. The second-order valence-electron chi connectivity index (χ2n) is 3.03. The molecule has 1 amide bonds. The summed E-state index contributed by atoms with van der Waals surface area (Å²) in [4.78, 5) is 21.7. The van der Waals surface area contributed by atoms with Crippen LogP contribution in [0, 0.1) is 0 Å². The molecule has 82 valence electrons. The van der Waals surface area contributed by atoms with Crippen LogP contribution >= 0.6 is 0 Å². The van der Waals surface area contributed by atoms with Crippen LogP contribution in [0.1, 0.15) is 13.8 Å². The fourth-order valence-corrected chi connectivity index (χ4v) is 0.952. The molecule has 3 atom stereocenters. The van der Waals surface area contributed by atoms with E-state index < -0.39 is 36.5 Å². The predicted octanol–water partition coefficient (Wildman–Crippen LogP) is -2.21. The first kappa shape index (κ1) is 13.0. The molecule has 0 radical (unpaired) electrons. The molecule has 6 nitrogen and oxygen atoms in total. The van der Waals surface area contributed by atoms with E-state index in [-0.39, 0.29) is 0 Å². The highest BCUT2D eigenvalue weighted by molar-refractivity contribution is 5.89. The van der Waals surface area contributed by atoms with Crippen LogP contribution in [-0.4, -0.2) is 51.9 Å². The molecular formula is C8H15NO5. The van der Waals surface area contributed by atoms with E-state index in [0.717, 1.165) is 0 Å². The lowest BCUT2D eigenvalue weighted by Crippen LogP contribution is -2.52. The zero-order valence-corrected chi connectivity index (χ0v) is 8.10. The summed E-state index contributed by atoms with van der Waals surface area (Å²) in [6, 6.07) is -1.27. The lowest BCUT2D eigenvalue weighted by atomic mass is 10.0. The number of aliphatic hydroxyl groups excluding tert-OH is 3. The van der Waals surface area contributed by atoms with Crippen molar-refractivity contribution in [3.05, 3.63) is 0 Å². The number of hydrogen-bond acceptors (Lipinski definition) is 5. The number of nitrogens with one attached hydrogen (secondary N) is 1. The van der Waals surface area contributed by atoms with Crippen LogP contribution in [0.2, 0.25) is 0 Å². The van der Waals surface area contributed by atoms with E-state index in [1.54, 1.807) is 0 Å². The van der Waals surface area contributed by atoms with Crippen LogP contribution in [0.15, 0.2) is 0 Å².